The van der Waals surface area contributed by atoms with Crippen molar-refractivity contribution in [3.8, 4) is 0 Å². The van der Waals surface area contributed by atoms with Gasteiger partial charge in [0.2, 0.25) is 0 Å². The molecule has 2 unspecified atom stereocenters. The molecule has 0 aliphatic carbocycles. The monoisotopic (exact) mass is 309 g/mol. The van der Waals surface area contributed by atoms with E-state index in [4.69, 9.17) is 0 Å². The Morgan fingerprint density at radius 3 is 2.18 bits per heavy atom. The summed E-state index contributed by atoms with van der Waals surface area (Å²) in [4.78, 5) is 0. The maximum absolute atomic E-state index is 13.1. The third kappa shape index (κ3) is 4.32. The van der Waals surface area contributed by atoms with E-state index in [-0.39, 0.29) is 18.2 Å². The Bertz CT molecular complexity index is 596. The third-order valence-electron chi connectivity index (χ3n) is 3.54. The van der Waals surface area contributed by atoms with E-state index >= 15 is 0 Å². The fourth-order valence-corrected chi connectivity index (χ4v) is 2.16. The van der Waals surface area contributed by atoms with Gasteiger partial charge in [-0.25, -0.2) is 13.2 Å². The molecule has 22 heavy (non-hydrogen) atoms. The number of aliphatic hydroxyl groups is 1. The highest BCUT2D eigenvalue weighted by Crippen LogP contribution is 2.14. The molecule has 0 heterocycles. The summed E-state index contributed by atoms with van der Waals surface area (Å²) < 4.78 is 39.1. The van der Waals surface area contributed by atoms with Gasteiger partial charge in [-0.05, 0) is 36.6 Å². The van der Waals surface area contributed by atoms with Gasteiger partial charge in [-0.1, -0.05) is 30.3 Å². The largest absolute Gasteiger partial charge is 0.391 e. The number of hydrogen-bond donors (Lipinski definition) is 2. The minimum atomic E-state index is -1.47. The molecule has 0 fully saturated rings. The molecule has 0 saturated carbocycles. The molecule has 118 valence electrons. The number of rotatable bonds is 6. The van der Waals surface area contributed by atoms with E-state index in [9.17, 15) is 18.3 Å². The standard InChI is InChI=1S/C17H18F3NO/c1-11(16(22)9-12-5-3-2-4-6-12)21-10-13-7-14(18)17(20)15(19)8-13/h2-8,11,16,21-22H,9-10H2,1H3. The van der Waals surface area contributed by atoms with Crippen molar-refractivity contribution in [3.05, 3.63) is 71.0 Å². The number of aliphatic hydroxyl groups excluding tert-OH is 1. The molecule has 2 atom stereocenters. The Kier molecular flexibility index (Phi) is 5.57. The summed E-state index contributed by atoms with van der Waals surface area (Å²) in [5.74, 6) is -3.90. The lowest BCUT2D eigenvalue weighted by Gasteiger charge is -2.20. The lowest BCUT2D eigenvalue weighted by molar-refractivity contribution is 0.134. The van der Waals surface area contributed by atoms with Gasteiger partial charge in [0.1, 0.15) is 0 Å². The van der Waals surface area contributed by atoms with Crippen LogP contribution in [0.25, 0.3) is 0 Å². The maximum Gasteiger partial charge on any atom is 0.194 e. The first kappa shape index (κ1) is 16.5. The van der Waals surface area contributed by atoms with Crippen LogP contribution in [0.5, 0.6) is 0 Å². The smallest absolute Gasteiger partial charge is 0.194 e. The van der Waals surface area contributed by atoms with Crippen molar-refractivity contribution in [2.45, 2.75) is 32.0 Å². The number of benzene rings is 2. The van der Waals surface area contributed by atoms with Crippen LogP contribution in [0.15, 0.2) is 42.5 Å². The Labute approximate surface area is 127 Å². The molecule has 2 aromatic rings. The maximum atomic E-state index is 13.1. The fourth-order valence-electron chi connectivity index (χ4n) is 2.16. The third-order valence-corrected chi connectivity index (χ3v) is 3.54. The molecule has 0 aromatic heterocycles. The first-order valence-corrected chi connectivity index (χ1v) is 7.06. The van der Waals surface area contributed by atoms with Crippen molar-refractivity contribution >= 4 is 0 Å². The molecular weight excluding hydrogens is 291 g/mol. The van der Waals surface area contributed by atoms with Gasteiger partial charge < -0.3 is 10.4 Å². The van der Waals surface area contributed by atoms with Crippen LogP contribution < -0.4 is 5.32 Å². The van der Waals surface area contributed by atoms with Gasteiger partial charge >= 0.3 is 0 Å². The van der Waals surface area contributed by atoms with Crippen molar-refractivity contribution < 1.29 is 18.3 Å². The second kappa shape index (κ2) is 7.42. The van der Waals surface area contributed by atoms with Gasteiger partial charge in [0.25, 0.3) is 0 Å². The van der Waals surface area contributed by atoms with E-state index in [0.717, 1.165) is 17.7 Å². The average molecular weight is 309 g/mol. The van der Waals surface area contributed by atoms with Crippen LogP contribution in [-0.2, 0) is 13.0 Å². The molecule has 0 radical (unpaired) electrons. The summed E-state index contributed by atoms with van der Waals surface area (Å²) in [5, 5.41) is 13.1. The predicted octanol–water partition coefficient (Wildman–Crippen LogP) is 3.19. The number of hydrogen-bond acceptors (Lipinski definition) is 2. The van der Waals surface area contributed by atoms with Crippen LogP contribution in [0.1, 0.15) is 18.1 Å². The van der Waals surface area contributed by atoms with Gasteiger partial charge in [-0.15, -0.1) is 0 Å². The van der Waals surface area contributed by atoms with E-state index in [0.29, 0.717) is 6.42 Å². The highest BCUT2D eigenvalue weighted by Gasteiger charge is 2.15. The summed E-state index contributed by atoms with van der Waals surface area (Å²) in [6, 6.07) is 11.1. The van der Waals surface area contributed by atoms with Crippen LogP contribution in [-0.4, -0.2) is 17.3 Å². The molecule has 0 saturated heterocycles. The Hall–Kier alpha value is -1.85. The van der Waals surface area contributed by atoms with Crippen molar-refractivity contribution in [2.24, 2.45) is 0 Å². The highest BCUT2D eigenvalue weighted by atomic mass is 19.2. The number of nitrogens with one attached hydrogen (secondary N) is 1. The van der Waals surface area contributed by atoms with E-state index in [1.54, 1.807) is 6.92 Å². The quantitative estimate of drug-likeness (QED) is 0.803. The van der Waals surface area contributed by atoms with Gasteiger partial charge in [-0.3, -0.25) is 0 Å². The Balaban J connectivity index is 1.91. The van der Waals surface area contributed by atoms with Gasteiger partial charge in [0, 0.05) is 12.6 Å². The van der Waals surface area contributed by atoms with Crippen molar-refractivity contribution in [1.29, 1.82) is 0 Å². The number of halogens is 3. The molecule has 2 rings (SSSR count). The minimum absolute atomic E-state index is 0.140. The van der Waals surface area contributed by atoms with Crippen molar-refractivity contribution in [3.63, 3.8) is 0 Å². The molecule has 2 N–H and O–H groups in total. The van der Waals surface area contributed by atoms with Crippen LogP contribution in [0.3, 0.4) is 0 Å². The van der Waals surface area contributed by atoms with Crippen molar-refractivity contribution in [1.82, 2.24) is 5.32 Å². The van der Waals surface area contributed by atoms with Crippen LogP contribution in [0, 0.1) is 17.5 Å². The van der Waals surface area contributed by atoms with Gasteiger partial charge in [0.15, 0.2) is 17.5 Å². The average Bonchev–Trinajstić information content (AvgIpc) is 2.51. The van der Waals surface area contributed by atoms with Gasteiger partial charge in [-0.2, -0.15) is 0 Å². The van der Waals surface area contributed by atoms with Crippen molar-refractivity contribution in [2.75, 3.05) is 0 Å². The Morgan fingerprint density at radius 2 is 1.59 bits per heavy atom. The second-order valence-corrected chi connectivity index (χ2v) is 5.30. The summed E-state index contributed by atoms with van der Waals surface area (Å²) in [6.07, 6.45) is -0.168. The molecule has 0 aliphatic heterocycles. The van der Waals surface area contributed by atoms with E-state index in [2.05, 4.69) is 5.32 Å². The molecular formula is C17H18F3NO. The molecule has 5 heteroatoms. The molecule has 2 nitrogen and oxygen atoms in total. The topological polar surface area (TPSA) is 32.3 Å². The molecule has 0 bridgehead atoms. The van der Waals surface area contributed by atoms with E-state index in [1.807, 2.05) is 30.3 Å². The summed E-state index contributed by atoms with van der Waals surface area (Å²) >= 11 is 0. The van der Waals surface area contributed by atoms with Gasteiger partial charge in [0.05, 0.1) is 6.10 Å². The van der Waals surface area contributed by atoms with E-state index in [1.165, 1.54) is 0 Å². The lowest BCUT2D eigenvalue weighted by atomic mass is 10.0. The zero-order chi connectivity index (χ0) is 16.1. The fraction of sp³-hybridized carbons (Fsp3) is 0.294. The predicted molar refractivity (Wildman–Crippen MR) is 78.8 cm³/mol. The van der Waals surface area contributed by atoms with Crippen LogP contribution in [0.2, 0.25) is 0 Å². The SMILES string of the molecule is CC(NCc1cc(F)c(F)c(F)c1)C(O)Cc1ccccc1. The minimum Gasteiger partial charge on any atom is -0.391 e. The van der Waals surface area contributed by atoms with Crippen LogP contribution in [0.4, 0.5) is 13.2 Å². The molecule has 0 spiro atoms. The highest BCUT2D eigenvalue weighted by molar-refractivity contribution is 5.19. The second-order valence-electron chi connectivity index (χ2n) is 5.30. The molecule has 0 amide bonds. The molecule has 0 aliphatic rings. The van der Waals surface area contributed by atoms with Crippen LogP contribution >= 0.6 is 0 Å². The normalized spacial score (nSPS) is 13.9. The Morgan fingerprint density at radius 1 is 1.00 bits per heavy atom. The first-order valence-electron chi connectivity index (χ1n) is 7.06. The summed E-state index contributed by atoms with van der Waals surface area (Å²) in [5.41, 5.74) is 1.29. The first-order chi connectivity index (χ1) is 10.5. The zero-order valence-electron chi connectivity index (χ0n) is 12.2. The summed E-state index contributed by atoms with van der Waals surface area (Å²) in [6.45, 7) is 1.92. The summed E-state index contributed by atoms with van der Waals surface area (Å²) in [7, 11) is 0. The van der Waals surface area contributed by atoms with E-state index < -0.39 is 23.6 Å². The zero-order valence-corrected chi connectivity index (χ0v) is 12.2. The lowest BCUT2D eigenvalue weighted by Crippen LogP contribution is -2.38. The molecule has 2 aromatic carbocycles.